The molecule has 0 amide bonds. The minimum atomic E-state index is -0.569. The van der Waals surface area contributed by atoms with E-state index < -0.39 is 6.15 Å². The molecule has 2 heteroatoms. The molecule has 0 nitrogen and oxygen atoms in total. The molecule has 0 aromatic rings. The zero-order valence-corrected chi connectivity index (χ0v) is 12.5. The molecule has 0 rings (SSSR count). The van der Waals surface area contributed by atoms with E-state index in [1.54, 1.807) is 0 Å². The van der Waals surface area contributed by atoms with E-state index in [1.807, 2.05) is 0 Å². The van der Waals surface area contributed by atoms with E-state index in [-0.39, 0.29) is 18.9 Å². The Morgan fingerprint density at radius 1 is 0.812 bits per heavy atom. The van der Waals surface area contributed by atoms with Gasteiger partial charge in [-0.1, -0.05) is 59.3 Å². The van der Waals surface area contributed by atoms with E-state index in [4.69, 9.17) is 6.42 Å². The molecule has 0 unspecified atom stereocenters. The maximum atomic E-state index is 5.83. The van der Waals surface area contributed by atoms with Crippen molar-refractivity contribution < 1.29 is 18.9 Å². The molecule has 0 aliphatic rings. The Kier molecular flexibility index (Phi) is 9.68. The summed E-state index contributed by atoms with van der Waals surface area (Å²) >= 11 is 0. The van der Waals surface area contributed by atoms with E-state index in [2.05, 4.69) is 47.4 Å². The van der Waals surface area contributed by atoms with Crippen LogP contribution in [-0.4, -0.2) is 6.15 Å². The Morgan fingerprint density at radius 2 is 1.06 bits per heavy atom. The first kappa shape index (κ1) is 18.6. The fourth-order valence-electron chi connectivity index (χ4n) is 3.20. The van der Waals surface area contributed by atoms with E-state index >= 15 is 0 Å². The largest absolute Gasteiger partial charge is 1.00 e. The molecule has 0 aliphatic heterocycles. The first-order valence-corrected chi connectivity index (χ1v) is 6.49. The van der Waals surface area contributed by atoms with Gasteiger partial charge in [0.05, 0.1) is 6.15 Å². The Hall–Kier alpha value is 0.222. The molecule has 0 heterocycles. The average molecular weight is 214 g/mol. The standard InChI is InChI=1S/C14H28B.Li/c1-8-15(9-12(2)3,10-13(4)5)11-14(6)7;/h1,12-14H,9-11H2,2-7H3;/q-1;+1. The number of terminal acetylenes is 1. The summed E-state index contributed by atoms with van der Waals surface area (Å²) in [5.74, 6) is 5.33. The molecule has 0 N–H and O–H groups in total. The zero-order chi connectivity index (χ0) is 12.1. The molecule has 0 aromatic carbocycles. The van der Waals surface area contributed by atoms with Gasteiger partial charge in [-0.25, -0.2) is 0 Å². The maximum Gasteiger partial charge on any atom is 1.00 e. The Morgan fingerprint density at radius 3 is 1.19 bits per heavy atom. The molecule has 0 aliphatic carbocycles. The van der Waals surface area contributed by atoms with Gasteiger partial charge in [-0.15, -0.1) is 0 Å². The van der Waals surface area contributed by atoms with Crippen molar-refractivity contribution >= 4 is 6.15 Å². The van der Waals surface area contributed by atoms with Crippen LogP contribution in [0.3, 0.4) is 0 Å². The monoisotopic (exact) mass is 214 g/mol. The maximum absolute atomic E-state index is 5.83. The summed E-state index contributed by atoms with van der Waals surface area (Å²) in [7, 11) is 0. The number of hydrogen-bond acceptors (Lipinski definition) is 0. The van der Waals surface area contributed by atoms with Gasteiger partial charge in [0, 0.05) is 0 Å². The van der Waals surface area contributed by atoms with Crippen LogP contribution in [0.2, 0.25) is 19.0 Å². The normalized spacial score (nSPS) is 11.8. The Labute approximate surface area is 115 Å². The first-order chi connectivity index (χ1) is 6.81. The quantitative estimate of drug-likeness (QED) is 0.465. The summed E-state index contributed by atoms with van der Waals surface area (Å²) in [6.45, 7) is 13.7. The van der Waals surface area contributed by atoms with Gasteiger partial charge in [0.2, 0.25) is 0 Å². The van der Waals surface area contributed by atoms with Crippen molar-refractivity contribution in [3.8, 4) is 12.2 Å². The van der Waals surface area contributed by atoms with Crippen LogP contribution in [-0.2, 0) is 0 Å². The molecule has 0 spiro atoms. The molecule has 0 saturated heterocycles. The SMILES string of the molecule is C#C[B-](CC(C)C)(CC(C)C)CC(C)C.[Li+]. The second-order valence-corrected chi connectivity index (χ2v) is 6.53. The molecule has 0 bridgehead atoms. The second-order valence-electron chi connectivity index (χ2n) is 6.53. The van der Waals surface area contributed by atoms with Gasteiger partial charge in [0.15, 0.2) is 0 Å². The van der Waals surface area contributed by atoms with Gasteiger partial charge < -0.3 is 5.82 Å². The third kappa shape index (κ3) is 7.49. The van der Waals surface area contributed by atoms with E-state index in [0.717, 1.165) is 17.8 Å². The van der Waals surface area contributed by atoms with Crippen LogP contribution in [0.4, 0.5) is 0 Å². The van der Waals surface area contributed by atoms with E-state index in [9.17, 15) is 0 Å². The van der Waals surface area contributed by atoms with Crippen molar-refractivity contribution in [3.05, 3.63) is 0 Å². The third-order valence-electron chi connectivity index (χ3n) is 3.12. The van der Waals surface area contributed by atoms with Crippen LogP contribution in [0, 0.1) is 30.0 Å². The second kappa shape index (κ2) is 8.33. The predicted octanol–water partition coefficient (Wildman–Crippen LogP) is 1.58. The minimum Gasteiger partial charge on any atom is -0.318 e. The molecule has 0 aromatic heterocycles. The van der Waals surface area contributed by atoms with Crippen LogP contribution in [0.1, 0.15) is 41.5 Å². The van der Waals surface area contributed by atoms with Gasteiger partial charge in [-0.05, 0) is 0 Å². The van der Waals surface area contributed by atoms with Crippen molar-refractivity contribution in [1.29, 1.82) is 0 Å². The molecule has 0 saturated carbocycles. The van der Waals surface area contributed by atoms with Gasteiger partial charge in [-0.2, -0.15) is 25.4 Å². The summed E-state index contributed by atoms with van der Waals surface area (Å²) in [6.07, 6.45) is 8.95. The summed E-state index contributed by atoms with van der Waals surface area (Å²) in [5, 5.41) is 0. The summed E-state index contributed by atoms with van der Waals surface area (Å²) in [4.78, 5) is 0. The van der Waals surface area contributed by atoms with Crippen molar-refractivity contribution in [2.45, 2.75) is 60.5 Å². The first-order valence-electron chi connectivity index (χ1n) is 6.49. The van der Waals surface area contributed by atoms with Crippen molar-refractivity contribution in [1.82, 2.24) is 0 Å². The van der Waals surface area contributed by atoms with Crippen molar-refractivity contribution in [2.75, 3.05) is 0 Å². The van der Waals surface area contributed by atoms with Gasteiger partial charge in [0.25, 0.3) is 0 Å². The fraction of sp³-hybridized carbons (Fsp3) is 0.857. The van der Waals surface area contributed by atoms with Crippen molar-refractivity contribution in [3.63, 3.8) is 0 Å². The number of hydrogen-bond donors (Lipinski definition) is 0. The van der Waals surface area contributed by atoms with Gasteiger partial charge >= 0.3 is 18.9 Å². The van der Waals surface area contributed by atoms with Crippen molar-refractivity contribution in [2.24, 2.45) is 17.8 Å². The fourth-order valence-corrected chi connectivity index (χ4v) is 3.20. The Balaban J connectivity index is 0. The van der Waals surface area contributed by atoms with Crippen LogP contribution in [0.15, 0.2) is 0 Å². The molecule has 16 heavy (non-hydrogen) atoms. The summed E-state index contributed by atoms with van der Waals surface area (Å²) < 4.78 is 0. The van der Waals surface area contributed by atoms with Crippen LogP contribution >= 0.6 is 0 Å². The average Bonchev–Trinajstić information content (AvgIpc) is 1.99. The number of rotatable bonds is 6. The minimum absolute atomic E-state index is 0. The van der Waals surface area contributed by atoms with Crippen LogP contribution in [0.25, 0.3) is 0 Å². The summed E-state index contributed by atoms with van der Waals surface area (Å²) in [6, 6.07) is 0. The molecule has 88 valence electrons. The molecule has 0 radical (unpaired) electrons. The van der Waals surface area contributed by atoms with Crippen LogP contribution < -0.4 is 18.9 Å². The smallest absolute Gasteiger partial charge is 0.318 e. The molecular formula is C14H28BLi. The van der Waals surface area contributed by atoms with Gasteiger partial charge in [0.1, 0.15) is 0 Å². The molecular weight excluding hydrogens is 186 g/mol. The predicted molar refractivity (Wildman–Crippen MR) is 73.5 cm³/mol. The topological polar surface area (TPSA) is 0 Å². The van der Waals surface area contributed by atoms with Crippen LogP contribution in [0.5, 0.6) is 0 Å². The molecule has 0 atom stereocenters. The van der Waals surface area contributed by atoms with Gasteiger partial charge in [-0.3, -0.25) is 0 Å². The molecule has 0 fully saturated rings. The third-order valence-corrected chi connectivity index (χ3v) is 3.12. The Bertz CT molecular complexity index is 187. The summed E-state index contributed by atoms with van der Waals surface area (Å²) in [5.41, 5.74) is 0. The van der Waals surface area contributed by atoms with E-state index in [0.29, 0.717) is 0 Å². The zero-order valence-electron chi connectivity index (χ0n) is 12.5. The van der Waals surface area contributed by atoms with E-state index in [1.165, 1.54) is 19.0 Å².